The zero-order valence-corrected chi connectivity index (χ0v) is 9.09. The second-order valence-electron chi connectivity index (χ2n) is 2.99. The van der Waals surface area contributed by atoms with Crippen LogP contribution >= 0.6 is 0 Å². The van der Waals surface area contributed by atoms with Gasteiger partial charge in [0.1, 0.15) is 5.75 Å². The molecule has 0 aliphatic carbocycles. The minimum atomic E-state index is -5.23. The summed E-state index contributed by atoms with van der Waals surface area (Å²) in [5.74, 6) is -0.600. The quantitative estimate of drug-likeness (QED) is 0.744. The van der Waals surface area contributed by atoms with Gasteiger partial charge in [-0.3, -0.25) is 0 Å². The second kappa shape index (κ2) is 4.55. The lowest BCUT2D eigenvalue weighted by molar-refractivity contribution is 0.349. The summed E-state index contributed by atoms with van der Waals surface area (Å²) in [6, 6.07) is 2.56. The molecule has 0 unspecified atom stereocenters. The summed E-state index contributed by atoms with van der Waals surface area (Å²) in [7, 11) is 3.60. The minimum Gasteiger partial charge on any atom is -0.500 e. The Kier molecular flexibility index (Phi) is 3.56. The van der Waals surface area contributed by atoms with E-state index in [2.05, 4.69) is 4.74 Å². The lowest BCUT2D eigenvalue weighted by atomic mass is 9.78. The van der Waals surface area contributed by atoms with Gasteiger partial charge in [0, 0.05) is 0 Å². The van der Waals surface area contributed by atoms with E-state index in [1.165, 1.54) is 26.4 Å². The Balaban J connectivity index is 3.49. The van der Waals surface area contributed by atoms with Gasteiger partial charge < -0.3 is 27.2 Å². The maximum Gasteiger partial charge on any atom is 0.517 e. The van der Waals surface area contributed by atoms with Crippen molar-refractivity contribution in [3.05, 3.63) is 12.1 Å². The largest absolute Gasteiger partial charge is 0.517 e. The van der Waals surface area contributed by atoms with Crippen LogP contribution in [0.25, 0.3) is 0 Å². The Labute approximate surface area is 91.2 Å². The van der Waals surface area contributed by atoms with E-state index in [1.54, 1.807) is 0 Å². The number of hydrogen-bond donors (Lipinski definition) is 0. The van der Waals surface area contributed by atoms with Crippen molar-refractivity contribution in [2.24, 2.45) is 0 Å². The summed E-state index contributed by atoms with van der Waals surface area (Å²) in [4.78, 5) is 0. The molecule has 7 heteroatoms. The fraction of sp³-hybridized carbons (Fsp3) is 0.333. The van der Waals surface area contributed by atoms with Gasteiger partial charge in [-0.25, -0.2) is 0 Å². The van der Waals surface area contributed by atoms with Gasteiger partial charge in [-0.05, 0) is 17.6 Å². The monoisotopic (exact) mass is 235 g/mol. The number of ether oxygens (including phenoxy) is 3. The summed E-state index contributed by atoms with van der Waals surface area (Å²) in [5.41, 5.74) is -0.913. The molecule has 0 atom stereocenters. The normalized spacial score (nSPS) is 11.1. The van der Waals surface area contributed by atoms with Crippen LogP contribution in [0.1, 0.15) is 0 Å². The highest BCUT2D eigenvalue weighted by atomic mass is 19.4. The molecule has 0 radical (unpaired) electrons. The molecule has 0 aromatic heterocycles. The molecule has 0 aliphatic rings. The molecule has 0 N–H and O–H groups in total. The van der Waals surface area contributed by atoms with E-state index in [4.69, 9.17) is 9.47 Å². The average molecular weight is 235 g/mol. The second-order valence-corrected chi connectivity index (χ2v) is 2.99. The molecular weight excluding hydrogens is 224 g/mol. The molecule has 0 heterocycles. The van der Waals surface area contributed by atoms with E-state index in [0.717, 1.165) is 7.11 Å². The number of rotatable bonds is 4. The SMILES string of the molecule is COc1ccc(OC)c([B-](F)(F)F)c1OC. The highest BCUT2D eigenvalue weighted by Crippen LogP contribution is 2.33. The topological polar surface area (TPSA) is 27.7 Å². The van der Waals surface area contributed by atoms with Crippen molar-refractivity contribution in [2.45, 2.75) is 0 Å². The summed E-state index contributed by atoms with van der Waals surface area (Å²) in [6.07, 6.45) is 0. The van der Waals surface area contributed by atoms with Gasteiger partial charge in [-0.15, -0.1) is 0 Å². The van der Waals surface area contributed by atoms with Gasteiger partial charge in [0.2, 0.25) is 0 Å². The number of methoxy groups -OCH3 is 3. The van der Waals surface area contributed by atoms with Crippen molar-refractivity contribution in [1.29, 1.82) is 0 Å². The molecule has 0 amide bonds. The summed E-state index contributed by atoms with van der Waals surface area (Å²) in [6.45, 7) is -5.23. The standard InChI is InChI=1S/C9H11BF3O3/c1-14-6-4-5-7(15-2)9(16-3)8(6)10(11,12)13/h4-5H,1-3H3/q-1. The Morgan fingerprint density at radius 2 is 1.38 bits per heavy atom. The molecule has 1 rings (SSSR count). The Bertz CT molecular complexity index is 379. The molecule has 16 heavy (non-hydrogen) atoms. The van der Waals surface area contributed by atoms with Crippen LogP contribution < -0.4 is 19.7 Å². The van der Waals surface area contributed by atoms with Crippen LogP contribution in [-0.2, 0) is 0 Å². The molecule has 0 spiro atoms. The van der Waals surface area contributed by atoms with Gasteiger partial charge in [0.05, 0.1) is 27.1 Å². The minimum absolute atomic E-state index is 0.0255. The van der Waals surface area contributed by atoms with Crippen LogP contribution in [0.2, 0.25) is 0 Å². The van der Waals surface area contributed by atoms with Gasteiger partial charge >= 0.3 is 6.98 Å². The fourth-order valence-electron chi connectivity index (χ4n) is 1.42. The fourth-order valence-corrected chi connectivity index (χ4v) is 1.42. The summed E-state index contributed by atoms with van der Waals surface area (Å²) < 4.78 is 52.7. The third-order valence-electron chi connectivity index (χ3n) is 2.09. The molecule has 0 fully saturated rings. The first kappa shape index (κ1) is 12.5. The maximum atomic E-state index is 12.8. The van der Waals surface area contributed by atoms with E-state index in [0.29, 0.717) is 0 Å². The van der Waals surface area contributed by atoms with Crippen LogP contribution in [0.5, 0.6) is 17.2 Å². The summed E-state index contributed by atoms with van der Waals surface area (Å²) in [5, 5.41) is 0. The third kappa shape index (κ3) is 2.18. The third-order valence-corrected chi connectivity index (χ3v) is 2.09. The van der Waals surface area contributed by atoms with Crippen molar-refractivity contribution in [3.63, 3.8) is 0 Å². The molecule has 1 aromatic rings. The highest BCUT2D eigenvalue weighted by molar-refractivity contribution is 6.75. The summed E-state index contributed by atoms with van der Waals surface area (Å²) >= 11 is 0. The molecular formula is C9H11BF3O3-. The molecule has 0 saturated heterocycles. The first-order chi connectivity index (χ1) is 7.45. The first-order valence-corrected chi connectivity index (χ1v) is 4.44. The smallest absolute Gasteiger partial charge is 0.500 e. The zero-order chi connectivity index (χ0) is 12.3. The molecule has 3 nitrogen and oxygen atoms in total. The molecule has 1 aromatic carbocycles. The predicted octanol–water partition coefficient (Wildman–Crippen LogP) is 1.77. The van der Waals surface area contributed by atoms with Crippen molar-refractivity contribution in [3.8, 4) is 17.2 Å². The molecule has 90 valence electrons. The van der Waals surface area contributed by atoms with Crippen LogP contribution in [0, 0.1) is 0 Å². The van der Waals surface area contributed by atoms with Crippen LogP contribution in [0.3, 0.4) is 0 Å². The molecule has 0 aliphatic heterocycles. The average Bonchev–Trinajstić information content (AvgIpc) is 2.25. The number of halogens is 3. The zero-order valence-electron chi connectivity index (χ0n) is 9.09. The molecule has 0 saturated carbocycles. The van der Waals surface area contributed by atoms with Crippen molar-refractivity contribution >= 4 is 12.4 Å². The van der Waals surface area contributed by atoms with Crippen molar-refractivity contribution in [2.75, 3.05) is 21.3 Å². The predicted molar refractivity (Wildman–Crippen MR) is 54.8 cm³/mol. The van der Waals surface area contributed by atoms with E-state index < -0.39 is 12.4 Å². The van der Waals surface area contributed by atoms with Crippen molar-refractivity contribution < 1.29 is 27.2 Å². The van der Waals surface area contributed by atoms with E-state index >= 15 is 0 Å². The van der Waals surface area contributed by atoms with E-state index in [-0.39, 0.29) is 17.2 Å². The lowest BCUT2D eigenvalue weighted by Crippen LogP contribution is -2.36. The lowest BCUT2D eigenvalue weighted by Gasteiger charge is -2.23. The number of hydrogen-bond acceptors (Lipinski definition) is 3. The van der Waals surface area contributed by atoms with Gasteiger partial charge in [-0.2, -0.15) is 0 Å². The highest BCUT2D eigenvalue weighted by Gasteiger charge is 2.34. The number of benzene rings is 1. The van der Waals surface area contributed by atoms with E-state index in [9.17, 15) is 12.9 Å². The van der Waals surface area contributed by atoms with Gasteiger partial charge in [0.15, 0.2) is 5.75 Å². The maximum absolute atomic E-state index is 12.8. The van der Waals surface area contributed by atoms with Crippen molar-refractivity contribution in [1.82, 2.24) is 0 Å². The van der Waals surface area contributed by atoms with Crippen LogP contribution in [-0.4, -0.2) is 28.3 Å². The van der Waals surface area contributed by atoms with E-state index in [1.807, 2.05) is 0 Å². The van der Waals surface area contributed by atoms with Crippen LogP contribution in [0.15, 0.2) is 12.1 Å². The molecule has 0 bridgehead atoms. The van der Waals surface area contributed by atoms with Gasteiger partial charge in [-0.1, -0.05) is 0 Å². The Hall–Kier alpha value is -1.53. The Morgan fingerprint density at radius 3 is 1.75 bits per heavy atom. The Morgan fingerprint density at radius 1 is 0.875 bits per heavy atom. The van der Waals surface area contributed by atoms with Gasteiger partial charge in [0.25, 0.3) is 0 Å². The first-order valence-electron chi connectivity index (χ1n) is 4.44. The van der Waals surface area contributed by atoms with Crippen LogP contribution in [0.4, 0.5) is 12.9 Å².